The van der Waals surface area contributed by atoms with Crippen molar-refractivity contribution in [3.63, 3.8) is 0 Å². The van der Waals surface area contributed by atoms with Crippen LogP contribution in [0.3, 0.4) is 0 Å². The third-order valence-electron chi connectivity index (χ3n) is 1.56. The second-order valence-corrected chi connectivity index (χ2v) is 2.39. The average Bonchev–Trinajstić information content (AvgIpc) is 2.05. The summed E-state index contributed by atoms with van der Waals surface area (Å²) in [6.45, 7) is 4.34. The summed E-state index contributed by atoms with van der Waals surface area (Å²) in [6.07, 6.45) is 0.524. The smallest absolute Gasteiger partial charge is 0.278 e. The summed E-state index contributed by atoms with van der Waals surface area (Å²) >= 11 is 0. The lowest BCUT2D eigenvalue weighted by Crippen LogP contribution is -2.32. The Morgan fingerprint density at radius 2 is 2.08 bits per heavy atom. The first-order valence-electron chi connectivity index (χ1n) is 3.92. The van der Waals surface area contributed by atoms with Crippen LogP contribution < -0.4 is 0 Å². The predicted octanol–water partition coefficient (Wildman–Crippen LogP) is 0.656. The molecule has 0 aliphatic carbocycles. The predicted molar refractivity (Wildman–Crippen MR) is 40.7 cm³/mol. The standard InChI is InChI=1S/C7H15NO4/c1-3-6(5-12-4-2)7(9)8(10)11/h6,10-11H,3-5H2,1-2H3. The van der Waals surface area contributed by atoms with E-state index in [-0.39, 0.29) is 11.8 Å². The van der Waals surface area contributed by atoms with E-state index in [0.29, 0.717) is 13.0 Å². The summed E-state index contributed by atoms with van der Waals surface area (Å²) in [5.74, 6) is -1.20. The molecule has 0 saturated carbocycles. The van der Waals surface area contributed by atoms with E-state index in [4.69, 9.17) is 15.2 Å². The third-order valence-corrected chi connectivity index (χ3v) is 1.56. The van der Waals surface area contributed by atoms with Crippen molar-refractivity contribution < 1.29 is 19.9 Å². The van der Waals surface area contributed by atoms with Gasteiger partial charge >= 0.3 is 0 Å². The normalized spacial score (nSPS) is 12.7. The summed E-state index contributed by atoms with van der Waals surface area (Å²) in [6, 6.07) is 0. The molecule has 12 heavy (non-hydrogen) atoms. The molecular weight excluding hydrogens is 162 g/mol. The summed E-state index contributed by atoms with van der Waals surface area (Å²) in [5, 5.41) is 16.4. The molecule has 0 heterocycles. The van der Waals surface area contributed by atoms with Crippen LogP contribution in [-0.2, 0) is 9.53 Å². The number of amides is 1. The van der Waals surface area contributed by atoms with Gasteiger partial charge in [-0.3, -0.25) is 15.2 Å². The summed E-state index contributed by atoms with van der Waals surface area (Å²) in [7, 11) is 0. The molecule has 0 radical (unpaired) electrons. The van der Waals surface area contributed by atoms with E-state index in [9.17, 15) is 4.79 Å². The van der Waals surface area contributed by atoms with Crippen LogP contribution in [0.15, 0.2) is 0 Å². The molecule has 0 aromatic carbocycles. The van der Waals surface area contributed by atoms with Crippen molar-refractivity contribution in [3.8, 4) is 0 Å². The van der Waals surface area contributed by atoms with Crippen molar-refractivity contribution in [1.29, 1.82) is 0 Å². The fraction of sp³-hybridized carbons (Fsp3) is 0.857. The maximum absolute atomic E-state index is 10.9. The minimum absolute atomic E-state index is 0.226. The second-order valence-electron chi connectivity index (χ2n) is 2.39. The van der Waals surface area contributed by atoms with E-state index >= 15 is 0 Å². The van der Waals surface area contributed by atoms with Gasteiger partial charge in [-0.05, 0) is 13.3 Å². The zero-order chi connectivity index (χ0) is 9.56. The molecule has 72 valence electrons. The van der Waals surface area contributed by atoms with E-state index in [1.807, 2.05) is 6.92 Å². The molecule has 0 fully saturated rings. The van der Waals surface area contributed by atoms with Gasteiger partial charge in [0.1, 0.15) is 0 Å². The van der Waals surface area contributed by atoms with Gasteiger partial charge in [0.2, 0.25) is 0 Å². The lowest BCUT2D eigenvalue weighted by atomic mass is 10.1. The summed E-state index contributed by atoms with van der Waals surface area (Å²) in [4.78, 5) is 10.9. The van der Waals surface area contributed by atoms with Crippen LogP contribution >= 0.6 is 0 Å². The van der Waals surface area contributed by atoms with Crippen molar-refractivity contribution in [1.82, 2.24) is 5.23 Å². The number of hydroxylamine groups is 2. The molecule has 0 aromatic rings. The summed E-state index contributed by atoms with van der Waals surface area (Å²) < 4.78 is 4.99. The van der Waals surface area contributed by atoms with Crippen molar-refractivity contribution >= 4 is 5.91 Å². The SMILES string of the molecule is CCOCC(CC)C(=O)N(O)O. The van der Waals surface area contributed by atoms with Gasteiger partial charge in [-0.25, -0.2) is 0 Å². The molecule has 5 heteroatoms. The molecule has 1 atom stereocenters. The van der Waals surface area contributed by atoms with E-state index < -0.39 is 11.8 Å². The number of nitrogens with zero attached hydrogens (tertiary/aromatic N) is 1. The molecule has 0 saturated heterocycles. The molecule has 2 N–H and O–H groups in total. The topological polar surface area (TPSA) is 70.0 Å². The first-order chi connectivity index (χ1) is 5.63. The Bertz CT molecular complexity index is 137. The quantitative estimate of drug-likeness (QED) is 0.478. The van der Waals surface area contributed by atoms with Gasteiger partial charge in [0, 0.05) is 6.61 Å². The lowest BCUT2D eigenvalue weighted by molar-refractivity contribution is -0.289. The average molecular weight is 177 g/mol. The van der Waals surface area contributed by atoms with E-state index in [2.05, 4.69) is 0 Å². The van der Waals surface area contributed by atoms with Crippen molar-refractivity contribution in [2.24, 2.45) is 5.92 Å². The molecule has 1 amide bonds. The van der Waals surface area contributed by atoms with Gasteiger partial charge in [0.15, 0.2) is 0 Å². The zero-order valence-electron chi connectivity index (χ0n) is 7.36. The Balaban J connectivity index is 3.88. The third kappa shape index (κ3) is 3.66. The van der Waals surface area contributed by atoms with Crippen LogP contribution in [0.25, 0.3) is 0 Å². The highest BCUT2D eigenvalue weighted by Crippen LogP contribution is 2.05. The van der Waals surface area contributed by atoms with Crippen LogP contribution in [0.1, 0.15) is 20.3 Å². The van der Waals surface area contributed by atoms with Gasteiger partial charge in [-0.2, -0.15) is 0 Å². The highest BCUT2D eigenvalue weighted by atomic mass is 16.8. The highest BCUT2D eigenvalue weighted by molar-refractivity contribution is 5.76. The van der Waals surface area contributed by atoms with Crippen LogP contribution in [0.4, 0.5) is 0 Å². The van der Waals surface area contributed by atoms with Crippen LogP contribution in [0, 0.1) is 5.92 Å². The fourth-order valence-electron chi connectivity index (χ4n) is 0.787. The van der Waals surface area contributed by atoms with Gasteiger partial charge < -0.3 is 4.74 Å². The second kappa shape index (κ2) is 5.93. The molecule has 0 aromatic heterocycles. The first-order valence-corrected chi connectivity index (χ1v) is 3.92. The maximum atomic E-state index is 10.9. The molecule has 0 aliphatic heterocycles. The number of hydrogen-bond acceptors (Lipinski definition) is 4. The monoisotopic (exact) mass is 177 g/mol. The van der Waals surface area contributed by atoms with Gasteiger partial charge in [-0.1, -0.05) is 12.2 Å². The number of ether oxygens (including phenoxy) is 1. The molecule has 0 bridgehead atoms. The minimum Gasteiger partial charge on any atom is -0.381 e. The first kappa shape index (κ1) is 11.4. The fourth-order valence-corrected chi connectivity index (χ4v) is 0.787. The Morgan fingerprint density at radius 1 is 1.50 bits per heavy atom. The number of carbonyl (C=O) groups excluding carboxylic acids is 1. The molecule has 0 aliphatic rings. The molecule has 1 unspecified atom stereocenters. The van der Waals surface area contributed by atoms with Crippen molar-refractivity contribution in [2.75, 3.05) is 13.2 Å². The molecular formula is C7H15NO4. The maximum Gasteiger partial charge on any atom is 0.278 e. The Kier molecular flexibility index (Phi) is 5.61. The van der Waals surface area contributed by atoms with Gasteiger partial charge in [0.25, 0.3) is 5.91 Å². The van der Waals surface area contributed by atoms with Gasteiger partial charge in [-0.15, -0.1) is 0 Å². The number of rotatable bonds is 5. The molecule has 0 rings (SSSR count). The summed E-state index contributed by atoms with van der Waals surface area (Å²) in [5.41, 5.74) is 0. The van der Waals surface area contributed by atoms with E-state index in [1.165, 1.54) is 0 Å². The molecule has 5 nitrogen and oxygen atoms in total. The number of hydrogen-bond donors (Lipinski definition) is 2. The largest absolute Gasteiger partial charge is 0.381 e. The Labute approximate surface area is 71.5 Å². The van der Waals surface area contributed by atoms with Crippen molar-refractivity contribution in [2.45, 2.75) is 20.3 Å². The minimum atomic E-state index is -0.731. The Morgan fingerprint density at radius 3 is 2.42 bits per heavy atom. The van der Waals surface area contributed by atoms with Crippen molar-refractivity contribution in [3.05, 3.63) is 0 Å². The van der Waals surface area contributed by atoms with Gasteiger partial charge in [0.05, 0.1) is 12.5 Å². The van der Waals surface area contributed by atoms with Crippen LogP contribution in [0.5, 0.6) is 0 Å². The Hall–Kier alpha value is -0.650. The van der Waals surface area contributed by atoms with E-state index in [1.54, 1.807) is 6.92 Å². The molecule has 0 spiro atoms. The lowest BCUT2D eigenvalue weighted by Gasteiger charge is -2.15. The zero-order valence-corrected chi connectivity index (χ0v) is 7.36. The van der Waals surface area contributed by atoms with Crippen LogP contribution in [0.2, 0.25) is 0 Å². The van der Waals surface area contributed by atoms with E-state index in [0.717, 1.165) is 0 Å². The highest BCUT2D eigenvalue weighted by Gasteiger charge is 2.20. The van der Waals surface area contributed by atoms with Crippen LogP contribution in [-0.4, -0.2) is 34.8 Å². The number of carbonyl (C=O) groups is 1.